The van der Waals surface area contributed by atoms with E-state index < -0.39 is 5.97 Å². The average molecular weight is 271 g/mol. The fourth-order valence-electron chi connectivity index (χ4n) is 2.08. The van der Waals surface area contributed by atoms with Gasteiger partial charge in [0.1, 0.15) is 0 Å². The van der Waals surface area contributed by atoms with Crippen molar-refractivity contribution in [3.8, 4) is 0 Å². The van der Waals surface area contributed by atoms with Crippen LogP contribution in [0.1, 0.15) is 12.0 Å². The molecule has 94 valence electrons. The van der Waals surface area contributed by atoms with E-state index in [9.17, 15) is 4.79 Å². The Balaban J connectivity index is 1.85. The fourth-order valence-corrected chi connectivity index (χ4v) is 3.91. The van der Waals surface area contributed by atoms with Crippen LogP contribution in [0.5, 0.6) is 0 Å². The molecule has 0 aromatic carbocycles. The van der Waals surface area contributed by atoms with Crippen LogP contribution >= 0.6 is 23.1 Å². The van der Waals surface area contributed by atoms with Crippen molar-refractivity contribution in [1.82, 2.24) is 4.90 Å². The molecule has 1 aliphatic heterocycles. The highest BCUT2D eigenvalue weighted by Crippen LogP contribution is 2.19. The molecule has 0 aliphatic carbocycles. The van der Waals surface area contributed by atoms with Gasteiger partial charge in [0.25, 0.3) is 0 Å². The van der Waals surface area contributed by atoms with E-state index in [0.29, 0.717) is 0 Å². The number of carboxylic acid groups (broad SMARTS) is 1. The Kier molecular flexibility index (Phi) is 4.88. The number of thioether (sulfide) groups is 1. The summed E-state index contributed by atoms with van der Waals surface area (Å²) in [7, 11) is 0. The van der Waals surface area contributed by atoms with Crippen molar-refractivity contribution in [2.75, 3.05) is 24.6 Å². The molecule has 2 rings (SSSR count). The van der Waals surface area contributed by atoms with Crippen molar-refractivity contribution in [2.45, 2.75) is 18.9 Å². The highest BCUT2D eigenvalue weighted by atomic mass is 32.2. The molecule has 1 aliphatic rings. The Morgan fingerprint density at radius 3 is 3.18 bits per heavy atom. The molecule has 5 heteroatoms. The summed E-state index contributed by atoms with van der Waals surface area (Å²) >= 11 is 3.59. The standard InChI is InChI=1S/C12H17NO2S2/c14-12(15)7-11-9-17-6-4-13(11)3-1-10-2-5-16-8-10/h2,5,8,11H,1,3-4,6-7,9H2,(H,14,15). The summed E-state index contributed by atoms with van der Waals surface area (Å²) in [6.45, 7) is 2.00. The summed E-state index contributed by atoms with van der Waals surface area (Å²) in [5.74, 6) is 1.40. The molecule has 1 aromatic heterocycles. The number of rotatable bonds is 5. The first-order chi connectivity index (χ1) is 8.25. The summed E-state index contributed by atoms with van der Waals surface area (Å²) < 4.78 is 0. The van der Waals surface area contributed by atoms with Crippen molar-refractivity contribution >= 4 is 29.1 Å². The lowest BCUT2D eigenvalue weighted by Gasteiger charge is -2.34. The van der Waals surface area contributed by atoms with Crippen molar-refractivity contribution in [3.63, 3.8) is 0 Å². The third-order valence-corrected chi connectivity index (χ3v) is 4.85. The highest BCUT2D eigenvalue weighted by molar-refractivity contribution is 7.99. The lowest BCUT2D eigenvalue weighted by molar-refractivity contribution is -0.138. The van der Waals surface area contributed by atoms with Crippen LogP contribution < -0.4 is 0 Å². The van der Waals surface area contributed by atoms with E-state index in [0.717, 1.165) is 31.0 Å². The molecule has 0 saturated carbocycles. The molecule has 1 unspecified atom stereocenters. The van der Waals surface area contributed by atoms with E-state index in [-0.39, 0.29) is 12.5 Å². The van der Waals surface area contributed by atoms with Crippen LogP contribution in [-0.4, -0.2) is 46.6 Å². The van der Waals surface area contributed by atoms with Gasteiger partial charge >= 0.3 is 5.97 Å². The lowest BCUT2D eigenvalue weighted by Crippen LogP contribution is -2.44. The predicted octanol–water partition coefficient (Wildman–Crippen LogP) is 2.18. The molecule has 0 amide bonds. The second-order valence-corrected chi connectivity index (χ2v) is 6.17. The monoisotopic (exact) mass is 271 g/mol. The Labute approximate surface area is 110 Å². The maximum absolute atomic E-state index is 10.8. The second kappa shape index (κ2) is 6.42. The zero-order valence-corrected chi connectivity index (χ0v) is 11.3. The minimum absolute atomic E-state index is 0.213. The Morgan fingerprint density at radius 1 is 1.59 bits per heavy atom. The fraction of sp³-hybridized carbons (Fsp3) is 0.583. The van der Waals surface area contributed by atoms with E-state index in [1.165, 1.54) is 5.56 Å². The maximum atomic E-state index is 10.8. The van der Waals surface area contributed by atoms with Gasteiger partial charge in [0.2, 0.25) is 0 Å². The quantitative estimate of drug-likeness (QED) is 0.891. The van der Waals surface area contributed by atoms with Gasteiger partial charge in [-0.15, -0.1) is 0 Å². The van der Waals surface area contributed by atoms with Crippen LogP contribution in [0.2, 0.25) is 0 Å². The molecule has 2 heterocycles. The van der Waals surface area contributed by atoms with Crippen molar-refractivity contribution in [3.05, 3.63) is 22.4 Å². The van der Waals surface area contributed by atoms with Crippen molar-refractivity contribution in [2.24, 2.45) is 0 Å². The molecule has 1 fully saturated rings. The van der Waals surface area contributed by atoms with E-state index in [2.05, 4.69) is 21.7 Å². The summed E-state index contributed by atoms with van der Waals surface area (Å²) in [6, 6.07) is 2.36. The van der Waals surface area contributed by atoms with E-state index in [1.807, 2.05) is 11.8 Å². The SMILES string of the molecule is O=C(O)CC1CSCCN1CCc1ccsc1. The zero-order chi connectivity index (χ0) is 12.1. The molecule has 17 heavy (non-hydrogen) atoms. The third kappa shape index (κ3) is 4.01. The van der Waals surface area contributed by atoms with Gasteiger partial charge in [-0.05, 0) is 28.8 Å². The first-order valence-electron chi connectivity index (χ1n) is 5.80. The molecule has 0 radical (unpaired) electrons. The number of hydrogen-bond acceptors (Lipinski definition) is 4. The molecule has 1 saturated heterocycles. The first kappa shape index (κ1) is 12.9. The van der Waals surface area contributed by atoms with Crippen molar-refractivity contribution < 1.29 is 9.90 Å². The topological polar surface area (TPSA) is 40.5 Å². The number of carbonyl (C=O) groups is 1. The minimum Gasteiger partial charge on any atom is -0.481 e. The van der Waals surface area contributed by atoms with Gasteiger partial charge in [0.05, 0.1) is 6.42 Å². The smallest absolute Gasteiger partial charge is 0.304 e. The van der Waals surface area contributed by atoms with Crippen LogP contribution in [0.15, 0.2) is 16.8 Å². The van der Waals surface area contributed by atoms with Crippen LogP contribution in [0.25, 0.3) is 0 Å². The van der Waals surface area contributed by atoms with E-state index >= 15 is 0 Å². The second-order valence-electron chi connectivity index (χ2n) is 4.24. The number of aliphatic carboxylic acids is 1. The molecule has 3 nitrogen and oxygen atoms in total. The van der Waals surface area contributed by atoms with Crippen LogP contribution in [0, 0.1) is 0 Å². The van der Waals surface area contributed by atoms with Crippen LogP contribution in [-0.2, 0) is 11.2 Å². The summed E-state index contributed by atoms with van der Waals surface area (Å²) in [6.07, 6.45) is 1.31. The highest BCUT2D eigenvalue weighted by Gasteiger charge is 2.24. The molecule has 1 aromatic rings. The normalized spacial score (nSPS) is 21.5. The Hall–Kier alpha value is -0.520. The third-order valence-electron chi connectivity index (χ3n) is 3.03. The summed E-state index contributed by atoms with van der Waals surface area (Å²) in [5.41, 5.74) is 1.36. The van der Waals surface area contributed by atoms with E-state index in [4.69, 9.17) is 5.11 Å². The van der Waals surface area contributed by atoms with Gasteiger partial charge in [-0.25, -0.2) is 0 Å². The van der Waals surface area contributed by atoms with Gasteiger partial charge in [-0.3, -0.25) is 9.69 Å². The largest absolute Gasteiger partial charge is 0.481 e. The summed E-state index contributed by atoms with van der Waals surface area (Å²) in [5, 5.41) is 13.2. The van der Waals surface area contributed by atoms with E-state index in [1.54, 1.807) is 11.3 Å². The van der Waals surface area contributed by atoms with Crippen LogP contribution in [0.4, 0.5) is 0 Å². The minimum atomic E-state index is -0.682. The Morgan fingerprint density at radius 2 is 2.47 bits per heavy atom. The number of carboxylic acids is 1. The number of thiophene rings is 1. The summed E-state index contributed by atoms with van der Waals surface area (Å²) in [4.78, 5) is 13.1. The van der Waals surface area contributed by atoms with Crippen LogP contribution in [0.3, 0.4) is 0 Å². The average Bonchev–Trinajstić information content (AvgIpc) is 2.80. The molecular weight excluding hydrogens is 254 g/mol. The van der Waals surface area contributed by atoms with Gasteiger partial charge in [0.15, 0.2) is 0 Å². The first-order valence-corrected chi connectivity index (χ1v) is 7.90. The number of nitrogens with zero attached hydrogens (tertiary/aromatic N) is 1. The number of hydrogen-bond donors (Lipinski definition) is 1. The molecular formula is C12H17NO2S2. The van der Waals surface area contributed by atoms with Gasteiger partial charge in [-0.1, -0.05) is 0 Å². The lowest BCUT2D eigenvalue weighted by atomic mass is 10.1. The molecule has 1 atom stereocenters. The Bertz CT molecular complexity index is 353. The predicted molar refractivity (Wildman–Crippen MR) is 73.0 cm³/mol. The molecule has 1 N–H and O–H groups in total. The van der Waals surface area contributed by atoms with Gasteiger partial charge in [-0.2, -0.15) is 23.1 Å². The molecule has 0 spiro atoms. The molecule has 0 bridgehead atoms. The van der Waals surface area contributed by atoms with Gasteiger partial charge < -0.3 is 5.11 Å². The van der Waals surface area contributed by atoms with Crippen molar-refractivity contribution in [1.29, 1.82) is 0 Å². The zero-order valence-electron chi connectivity index (χ0n) is 9.67. The van der Waals surface area contributed by atoms with Gasteiger partial charge in [0, 0.05) is 30.6 Å². The maximum Gasteiger partial charge on any atom is 0.304 e.